The summed E-state index contributed by atoms with van der Waals surface area (Å²) in [6, 6.07) is 15.5. The maximum atomic E-state index is 13.5. The molecular formula is C25H35N3O5S. The number of hydrogen-bond donors (Lipinski definition) is 1. The molecule has 0 aromatic heterocycles. The number of ether oxygens (including phenoxy) is 1. The van der Waals surface area contributed by atoms with Gasteiger partial charge in [-0.2, -0.15) is 0 Å². The Labute approximate surface area is 202 Å². The molecule has 0 spiro atoms. The first-order valence-electron chi connectivity index (χ1n) is 11.3. The van der Waals surface area contributed by atoms with Crippen molar-refractivity contribution in [2.24, 2.45) is 5.92 Å². The first-order valence-corrected chi connectivity index (χ1v) is 13.1. The van der Waals surface area contributed by atoms with Gasteiger partial charge < -0.3 is 15.0 Å². The Morgan fingerprint density at radius 1 is 1.00 bits per heavy atom. The first kappa shape index (κ1) is 27.2. The highest BCUT2D eigenvalue weighted by Gasteiger charge is 2.30. The number of nitrogens with one attached hydrogen (secondary N) is 1. The molecule has 2 amide bonds. The van der Waals surface area contributed by atoms with E-state index in [2.05, 4.69) is 5.32 Å². The summed E-state index contributed by atoms with van der Waals surface area (Å²) >= 11 is 0. The number of carbonyl (C=O) groups is 2. The van der Waals surface area contributed by atoms with Crippen LogP contribution in [0.2, 0.25) is 0 Å². The molecule has 8 nitrogen and oxygen atoms in total. The number of carbonyl (C=O) groups excluding carboxylic acids is 2. The number of sulfonamides is 1. The van der Waals surface area contributed by atoms with E-state index in [-0.39, 0.29) is 24.1 Å². The third-order valence-electron chi connectivity index (χ3n) is 5.37. The Kier molecular flexibility index (Phi) is 9.92. The van der Waals surface area contributed by atoms with Crippen LogP contribution in [-0.2, 0) is 26.0 Å². The van der Waals surface area contributed by atoms with E-state index in [0.717, 1.165) is 16.1 Å². The van der Waals surface area contributed by atoms with Crippen LogP contribution >= 0.6 is 0 Å². The predicted molar refractivity (Wildman–Crippen MR) is 134 cm³/mol. The second kappa shape index (κ2) is 12.4. The molecule has 1 atom stereocenters. The molecule has 2 aromatic rings. The van der Waals surface area contributed by atoms with Crippen molar-refractivity contribution in [3.8, 4) is 5.75 Å². The molecule has 186 valence electrons. The van der Waals surface area contributed by atoms with Crippen molar-refractivity contribution in [3.63, 3.8) is 0 Å². The van der Waals surface area contributed by atoms with Crippen molar-refractivity contribution in [1.82, 2.24) is 10.2 Å². The van der Waals surface area contributed by atoms with E-state index in [1.54, 1.807) is 31.2 Å². The van der Waals surface area contributed by atoms with Crippen LogP contribution in [-0.4, -0.2) is 64.2 Å². The number of benzene rings is 2. The fraction of sp³-hybridized carbons (Fsp3) is 0.440. The Morgan fingerprint density at radius 3 is 2.21 bits per heavy atom. The van der Waals surface area contributed by atoms with E-state index in [1.165, 1.54) is 12.0 Å². The van der Waals surface area contributed by atoms with E-state index in [1.807, 2.05) is 44.2 Å². The summed E-state index contributed by atoms with van der Waals surface area (Å²) in [5, 5.41) is 2.86. The van der Waals surface area contributed by atoms with Crippen molar-refractivity contribution < 1.29 is 22.7 Å². The van der Waals surface area contributed by atoms with Crippen molar-refractivity contribution in [3.05, 3.63) is 60.2 Å². The predicted octanol–water partition coefficient (Wildman–Crippen LogP) is 2.69. The Bertz CT molecular complexity index is 1060. The molecule has 34 heavy (non-hydrogen) atoms. The average Bonchev–Trinajstić information content (AvgIpc) is 2.80. The van der Waals surface area contributed by atoms with Crippen molar-refractivity contribution in [2.75, 3.05) is 37.3 Å². The van der Waals surface area contributed by atoms with E-state index in [9.17, 15) is 18.0 Å². The molecule has 2 rings (SSSR count). The average molecular weight is 490 g/mol. The third kappa shape index (κ3) is 7.76. The lowest BCUT2D eigenvalue weighted by molar-refractivity contribution is -0.138. The van der Waals surface area contributed by atoms with E-state index < -0.39 is 28.5 Å². The van der Waals surface area contributed by atoms with Crippen molar-refractivity contribution in [2.45, 2.75) is 33.2 Å². The Balaban J connectivity index is 2.32. The van der Waals surface area contributed by atoms with Crippen LogP contribution in [0.5, 0.6) is 5.75 Å². The lowest BCUT2D eigenvalue weighted by atomic mass is 10.1. The molecule has 9 heteroatoms. The maximum Gasteiger partial charge on any atom is 0.244 e. The van der Waals surface area contributed by atoms with Gasteiger partial charge in [0.15, 0.2) is 0 Å². The number of rotatable bonds is 12. The van der Waals surface area contributed by atoms with Crippen molar-refractivity contribution in [1.29, 1.82) is 0 Å². The molecule has 0 aliphatic carbocycles. The van der Waals surface area contributed by atoms with Crippen LogP contribution in [0.3, 0.4) is 0 Å². The smallest absolute Gasteiger partial charge is 0.244 e. The van der Waals surface area contributed by atoms with Gasteiger partial charge in [0.25, 0.3) is 0 Å². The van der Waals surface area contributed by atoms with Gasteiger partial charge in [-0.1, -0.05) is 56.3 Å². The Hall–Kier alpha value is -3.07. The van der Waals surface area contributed by atoms with Crippen molar-refractivity contribution >= 4 is 27.5 Å². The van der Waals surface area contributed by atoms with Gasteiger partial charge in [0.2, 0.25) is 21.8 Å². The molecule has 0 bridgehead atoms. The number of hydrogen-bond acceptors (Lipinski definition) is 5. The lowest BCUT2D eigenvalue weighted by Crippen LogP contribution is -2.52. The monoisotopic (exact) mass is 489 g/mol. The van der Waals surface area contributed by atoms with Gasteiger partial charge in [-0.3, -0.25) is 13.9 Å². The van der Waals surface area contributed by atoms with Crippen LogP contribution in [0.1, 0.15) is 26.3 Å². The minimum atomic E-state index is -3.81. The number of amides is 2. The molecular weight excluding hydrogens is 454 g/mol. The van der Waals surface area contributed by atoms with Crippen LogP contribution in [0.4, 0.5) is 5.69 Å². The third-order valence-corrected chi connectivity index (χ3v) is 6.50. The minimum absolute atomic E-state index is 0.260. The molecule has 1 N–H and O–H groups in total. The van der Waals surface area contributed by atoms with Gasteiger partial charge in [0, 0.05) is 13.1 Å². The molecule has 0 saturated carbocycles. The normalized spacial score (nSPS) is 12.2. The molecule has 0 aliphatic rings. The summed E-state index contributed by atoms with van der Waals surface area (Å²) < 4.78 is 31.6. The molecule has 0 unspecified atom stereocenters. The van der Waals surface area contributed by atoms with Gasteiger partial charge in [0.05, 0.1) is 19.1 Å². The summed E-state index contributed by atoms with van der Waals surface area (Å²) in [5.41, 5.74) is 1.28. The van der Waals surface area contributed by atoms with Crippen LogP contribution in [0, 0.1) is 5.92 Å². The minimum Gasteiger partial charge on any atom is -0.495 e. The summed E-state index contributed by atoms with van der Waals surface area (Å²) in [5.74, 6) is -0.159. The summed E-state index contributed by atoms with van der Waals surface area (Å²) in [7, 11) is -2.37. The molecule has 0 saturated heterocycles. The van der Waals surface area contributed by atoms with Gasteiger partial charge in [0.1, 0.15) is 18.3 Å². The Morgan fingerprint density at radius 2 is 1.62 bits per heavy atom. The van der Waals surface area contributed by atoms with Gasteiger partial charge >= 0.3 is 0 Å². The number of anilines is 1. The standard InChI is InChI=1S/C25H35N3O5S/c1-19(2)17-26-25(30)20(3)27(16-15-21-11-7-6-8-12-21)24(29)18-28(34(5,31)32)22-13-9-10-14-23(22)33-4/h6-14,19-20H,15-18H2,1-5H3,(H,26,30)/t20-/m1/s1. The fourth-order valence-electron chi connectivity index (χ4n) is 3.45. The summed E-state index contributed by atoms with van der Waals surface area (Å²) in [6.07, 6.45) is 1.57. The lowest BCUT2D eigenvalue weighted by Gasteiger charge is -2.32. The van der Waals surface area contributed by atoms with Gasteiger partial charge in [-0.25, -0.2) is 8.42 Å². The highest BCUT2D eigenvalue weighted by Crippen LogP contribution is 2.29. The van der Waals surface area contributed by atoms with Gasteiger partial charge in [-0.05, 0) is 37.0 Å². The second-order valence-corrected chi connectivity index (χ2v) is 10.5. The van der Waals surface area contributed by atoms with E-state index >= 15 is 0 Å². The maximum absolute atomic E-state index is 13.5. The molecule has 0 fully saturated rings. The molecule has 0 radical (unpaired) electrons. The van der Waals surface area contributed by atoms with Crippen LogP contribution in [0.15, 0.2) is 54.6 Å². The largest absolute Gasteiger partial charge is 0.495 e. The second-order valence-electron chi connectivity index (χ2n) is 8.58. The van der Waals surface area contributed by atoms with E-state index in [4.69, 9.17) is 4.74 Å². The molecule has 0 aliphatic heterocycles. The fourth-order valence-corrected chi connectivity index (χ4v) is 4.31. The SMILES string of the molecule is COc1ccccc1N(CC(=O)N(CCc1ccccc1)[C@H](C)C(=O)NCC(C)C)S(C)(=O)=O. The van der Waals surface area contributed by atoms with Gasteiger partial charge in [-0.15, -0.1) is 0 Å². The highest BCUT2D eigenvalue weighted by molar-refractivity contribution is 7.92. The number of para-hydroxylation sites is 2. The first-order chi connectivity index (χ1) is 16.0. The quantitative estimate of drug-likeness (QED) is 0.495. The zero-order valence-electron chi connectivity index (χ0n) is 20.5. The summed E-state index contributed by atoms with van der Waals surface area (Å²) in [4.78, 5) is 27.7. The summed E-state index contributed by atoms with van der Waals surface area (Å²) in [6.45, 7) is 5.94. The highest BCUT2D eigenvalue weighted by atomic mass is 32.2. The molecule has 2 aromatic carbocycles. The zero-order valence-corrected chi connectivity index (χ0v) is 21.3. The topological polar surface area (TPSA) is 96.0 Å². The molecule has 0 heterocycles. The van der Waals surface area contributed by atoms with Crippen LogP contribution < -0.4 is 14.4 Å². The number of methoxy groups -OCH3 is 1. The van der Waals surface area contributed by atoms with E-state index in [0.29, 0.717) is 18.7 Å². The van der Waals surface area contributed by atoms with Crippen LogP contribution in [0.25, 0.3) is 0 Å². The number of nitrogens with zero attached hydrogens (tertiary/aromatic N) is 2. The zero-order chi connectivity index (χ0) is 25.3.